The molecule has 0 spiro atoms. The summed E-state index contributed by atoms with van der Waals surface area (Å²) in [5.74, 6) is 0.701. The fourth-order valence-corrected chi connectivity index (χ4v) is 2.19. The fraction of sp³-hybridized carbons (Fsp3) is 0.500. The van der Waals surface area contributed by atoms with Gasteiger partial charge >= 0.3 is 7.12 Å². The summed E-state index contributed by atoms with van der Waals surface area (Å²) < 4.78 is 17.1. The Hall–Kier alpha value is -1.50. The van der Waals surface area contributed by atoms with E-state index in [2.05, 4.69) is 0 Å². The van der Waals surface area contributed by atoms with E-state index in [9.17, 15) is 5.11 Å². The highest BCUT2D eigenvalue weighted by Gasteiger charge is 2.52. The number of nitrogen functional groups attached to an aromatic ring is 1. The minimum absolute atomic E-state index is 0.173. The summed E-state index contributed by atoms with van der Waals surface area (Å²) in [7, 11) is 1.00. The van der Waals surface area contributed by atoms with Crippen molar-refractivity contribution in [2.24, 2.45) is 0 Å². The third kappa shape index (κ3) is 3.14. The van der Waals surface area contributed by atoms with Crippen LogP contribution in [-0.2, 0) is 9.31 Å². The highest BCUT2D eigenvalue weighted by atomic mass is 16.7. The van der Waals surface area contributed by atoms with Crippen LogP contribution in [0.4, 0.5) is 5.69 Å². The van der Waals surface area contributed by atoms with E-state index in [0.717, 1.165) is 5.56 Å². The van der Waals surface area contributed by atoms with Gasteiger partial charge in [-0.2, -0.15) is 0 Å². The zero-order valence-electron chi connectivity index (χ0n) is 13.8. The van der Waals surface area contributed by atoms with E-state index < -0.39 is 18.3 Å². The van der Waals surface area contributed by atoms with Crippen LogP contribution in [0.15, 0.2) is 23.7 Å². The molecule has 0 bridgehead atoms. The van der Waals surface area contributed by atoms with Crippen molar-refractivity contribution in [1.29, 1.82) is 0 Å². The zero-order valence-corrected chi connectivity index (χ0v) is 13.8. The van der Waals surface area contributed by atoms with Gasteiger partial charge in [0.25, 0.3) is 0 Å². The van der Waals surface area contributed by atoms with E-state index in [-0.39, 0.29) is 6.61 Å². The monoisotopic (exact) mass is 305 g/mol. The second kappa shape index (κ2) is 5.95. The first kappa shape index (κ1) is 16.9. The standard InChI is InChI=1S/C16H24BNO4/c1-15(2)16(3,4)22-17(21-15)12(10-19)8-11-9-13(20-5)6-7-14(11)18/h6-9,19H,10,18H2,1-5H3. The van der Waals surface area contributed by atoms with Gasteiger partial charge in [0, 0.05) is 11.3 Å². The predicted molar refractivity (Wildman–Crippen MR) is 88.6 cm³/mol. The summed E-state index contributed by atoms with van der Waals surface area (Å²) in [5.41, 5.74) is 7.07. The highest BCUT2D eigenvalue weighted by molar-refractivity contribution is 6.55. The molecule has 1 saturated heterocycles. The van der Waals surface area contributed by atoms with Crippen LogP contribution in [0, 0.1) is 0 Å². The van der Waals surface area contributed by atoms with E-state index in [1.54, 1.807) is 25.3 Å². The minimum Gasteiger partial charge on any atom is -0.497 e. The molecule has 0 atom stereocenters. The van der Waals surface area contributed by atoms with E-state index in [4.69, 9.17) is 19.8 Å². The molecular formula is C16H24BNO4. The Morgan fingerprint density at radius 2 is 1.86 bits per heavy atom. The first-order valence-corrected chi connectivity index (χ1v) is 7.30. The Kier molecular flexibility index (Phi) is 4.56. The number of ether oxygens (including phenoxy) is 1. The molecule has 0 saturated carbocycles. The maximum Gasteiger partial charge on any atom is 0.492 e. The number of aliphatic hydroxyl groups excluding tert-OH is 1. The van der Waals surface area contributed by atoms with Gasteiger partial charge in [-0.05, 0) is 51.4 Å². The van der Waals surface area contributed by atoms with Crippen LogP contribution in [0.3, 0.4) is 0 Å². The van der Waals surface area contributed by atoms with E-state index >= 15 is 0 Å². The van der Waals surface area contributed by atoms with Crippen molar-refractivity contribution < 1.29 is 19.2 Å². The molecule has 1 aromatic carbocycles. The third-order valence-electron chi connectivity index (χ3n) is 4.37. The van der Waals surface area contributed by atoms with Crippen LogP contribution in [0.2, 0.25) is 0 Å². The van der Waals surface area contributed by atoms with Crippen LogP contribution in [0.25, 0.3) is 6.08 Å². The zero-order chi connectivity index (χ0) is 16.5. The van der Waals surface area contributed by atoms with Gasteiger partial charge in [0.15, 0.2) is 0 Å². The van der Waals surface area contributed by atoms with Crippen molar-refractivity contribution in [3.05, 3.63) is 29.2 Å². The third-order valence-corrected chi connectivity index (χ3v) is 4.37. The number of aliphatic hydroxyl groups is 1. The highest BCUT2D eigenvalue weighted by Crippen LogP contribution is 2.39. The number of rotatable bonds is 4. The second-order valence-corrected chi connectivity index (χ2v) is 6.46. The average Bonchev–Trinajstić information content (AvgIpc) is 2.66. The lowest BCUT2D eigenvalue weighted by Gasteiger charge is -2.32. The molecule has 0 radical (unpaired) electrons. The number of anilines is 1. The molecule has 0 unspecified atom stereocenters. The summed E-state index contributed by atoms with van der Waals surface area (Å²) >= 11 is 0. The molecule has 2 rings (SSSR count). The molecule has 22 heavy (non-hydrogen) atoms. The van der Waals surface area contributed by atoms with Crippen LogP contribution in [0.5, 0.6) is 5.75 Å². The molecule has 1 aliphatic heterocycles. The second-order valence-electron chi connectivity index (χ2n) is 6.46. The van der Waals surface area contributed by atoms with Gasteiger partial charge in [0.2, 0.25) is 0 Å². The van der Waals surface area contributed by atoms with Gasteiger partial charge in [0.05, 0.1) is 24.9 Å². The van der Waals surface area contributed by atoms with Gasteiger partial charge in [-0.3, -0.25) is 0 Å². The Balaban J connectivity index is 2.33. The molecule has 1 aromatic rings. The van der Waals surface area contributed by atoms with Crippen molar-refractivity contribution in [1.82, 2.24) is 0 Å². The summed E-state index contributed by atoms with van der Waals surface area (Å²) in [6.45, 7) is 7.72. The number of benzene rings is 1. The van der Waals surface area contributed by atoms with E-state index in [1.165, 1.54) is 0 Å². The van der Waals surface area contributed by atoms with Crippen LogP contribution >= 0.6 is 0 Å². The van der Waals surface area contributed by atoms with Crippen molar-refractivity contribution in [3.63, 3.8) is 0 Å². The Labute approximate surface area is 132 Å². The molecule has 6 heteroatoms. The average molecular weight is 305 g/mol. The molecule has 0 aromatic heterocycles. The molecule has 0 amide bonds. The first-order valence-electron chi connectivity index (χ1n) is 7.30. The Morgan fingerprint density at radius 3 is 2.36 bits per heavy atom. The molecule has 1 heterocycles. The molecule has 5 nitrogen and oxygen atoms in total. The molecule has 1 aliphatic rings. The quantitative estimate of drug-likeness (QED) is 0.659. The number of nitrogens with two attached hydrogens (primary N) is 1. The Bertz CT molecular complexity index is 568. The lowest BCUT2D eigenvalue weighted by Crippen LogP contribution is -2.41. The smallest absolute Gasteiger partial charge is 0.492 e. The maximum absolute atomic E-state index is 9.71. The summed E-state index contributed by atoms with van der Waals surface area (Å²) in [6.07, 6.45) is 1.79. The number of hydrogen-bond acceptors (Lipinski definition) is 5. The summed E-state index contributed by atoms with van der Waals surface area (Å²) in [5, 5.41) is 9.71. The van der Waals surface area contributed by atoms with Gasteiger partial charge in [-0.25, -0.2) is 0 Å². The van der Waals surface area contributed by atoms with E-state index in [1.807, 2.05) is 33.8 Å². The van der Waals surface area contributed by atoms with E-state index in [0.29, 0.717) is 16.9 Å². The van der Waals surface area contributed by atoms with Gasteiger partial charge < -0.3 is 24.9 Å². The number of methoxy groups -OCH3 is 1. The normalized spacial score (nSPS) is 20.3. The molecule has 3 N–H and O–H groups in total. The SMILES string of the molecule is COc1ccc(N)c(C=C(CO)B2OC(C)(C)C(C)(C)O2)c1. The summed E-state index contributed by atoms with van der Waals surface area (Å²) in [6, 6.07) is 5.38. The topological polar surface area (TPSA) is 73.9 Å². The van der Waals surface area contributed by atoms with Crippen molar-refractivity contribution in [3.8, 4) is 5.75 Å². The van der Waals surface area contributed by atoms with Crippen molar-refractivity contribution in [2.75, 3.05) is 19.5 Å². The van der Waals surface area contributed by atoms with Crippen LogP contribution in [-0.4, -0.2) is 37.1 Å². The van der Waals surface area contributed by atoms with Crippen molar-refractivity contribution >= 4 is 18.9 Å². The minimum atomic E-state index is -0.597. The van der Waals surface area contributed by atoms with Crippen LogP contribution < -0.4 is 10.5 Å². The maximum atomic E-state index is 9.71. The van der Waals surface area contributed by atoms with Gasteiger partial charge in [-0.1, -0.05) is 6.08 Å². The first-order chi connectivity index (χ1) is 10.2. The molecular weight excluding hydrogens is 281 g/mol. The fourth-order valence-electron chi connectivity index (χ4n) is 2.19. The van der Waals surface area contributed by atoms with Gasteiger partial charge in [-0.15, -0.1) is 0 Å². The van der Waals surface area contributed by atoms with Gasteiger partial charge in [0.1, 0.15) is 5.75 Å². The Morgan fingerprint density at radius 1 is 1.27 bits per heavy atom. The number of hydrogen-bond donors (Lipinski definition) is 2. The van der Waals surface area contributed by atoms with Crippen LogP contribution in [0.1, 0.15) is 33.3 Å². The predicted octanol–water partition coefficient (Wildman–Crippen LogP) is 2.28. The largest absolute Gasteiger partial charge is 0.497 e. The lowest BCUT2D eigenvalue weighted by molar-refractivity contribution is 0.00578. The molecule has 1 fully saturated rings. The summed E-state index contributed by atoms with van der Waals surface area (Å²) in [4.78, 5) is 0. The molecule has 120 valence electrons. The lowest BCUT2D eigenvalue weighted by atomic mass is 9.77. The molecule has 0 aliphatic carbocycles. The van der Waals surface area contributed by atoms with Crippen molar-refractivity contribution in [2.45, 2.75) is 38.9 Å².